The van der Waals surface area contributed by atoms with Crippen LogP contribution in [0.3, 0.4) is 0 Å². The van der Waals surface area contributed by atoms with Crippen LogP contribution in [0.5, 0.6) is 0 Å². The lowest BCUT2D eigenvalue weighted by molar-refractivity contribution is -0.126. The van der Waals surface area contributed by atoms with E-state index in [0.29, 0.717) is 5.01 Å². The van der Waals surface area contributed by atoms with Crippen LogP contribution in [0.1, 0.15) is 35.3 Å². The molecule has 1 aliphatic rings. The number of nitrogens with one attached hydrogen (secondary N) is 1. The maximum atomic E-state index is 11.9. The van der Waals surface area contributed by atoms with Crippen molar-refractivity contribution in [3.05, 3.63) is 16.1 Å². The van der Waals surface area contributed by atoms with Gasteiger partial charge in [-0.1, -0.05) is 0 Å². The lowest BCUT2D eigenvalue weighted by Gasteiger charge is -2.22. The third kappa shape index (κ3) is 2.68. The number of carboxylic acids is 1. The van der Waals surface area contributed by atoms with E-state index in [4.69, 9.17) is 10.8 Å². The van der Waals surface area contributed by atoms with E-state index in [0.717, 1.165) is 12.8 Å². The minimum atomic E-state index is -1.06. The molecule has 0 aromatic carbocycles. The van der Waals surface area contributed by atoms with Crippen LogP contribution >= 0.6 is 11.3 Å². The lowest BCUT2D eigenvalue weighted by Crippen LogP contribution is -2.53. The number of nitrogens with zero attached hydrogens (tertiary/aromatic N) is 1. The van der Waals surface area contributed by atoms with Gasteiger partial charge in [-0.3, -0.25) is 4.79 Å². The molecule has 98 valence electrons. The average Bonchev–Trinajstić information content (AvgIpc) is 3.06. The van der Waals surface area contributed by atoms with Gasteiger partial charge in [-0.2, -0.15) is 0 Å². The molecule has 1 aliphatic carbocycles. The average molecular weight is 269 g/mol. The van der Waals surface area contributed by atoms with Crippen molar-refractivity contribution in [2.75, 3.05) is 0 Å². The van der Waals surface area contributed by atoms with Crippen LogP contribution < -0.4 is 11.1 Å². The van der Waals surface area contributed by atoms with Gasteiger partial charge in [0.15, 0.2) is 5.69 Å². The number of nitrogens with two attached hydrogens (primary N) is 1. The quantitative estimate of drug-likeness (QED) is 0.725. The SMILES string of the molecule is CC(N)(C(=O)NCc1nc(C(=O)O)cs1)C1CC1. The molecule has 2 rings (SSSR count). The molecule has 1 heterocycles. The van der Waals surface area contributed by atoms with Gasteiger partial charge < -0.3 is 16.2 Å². The third-order valence-corrected chi connectivity index (χ3v) is 3.93. The molecule has 0 aliphatic heterocycles. The molecule has 4 N–H and O–H groups in total. The third-order valence-electron chi connectivity index (χ3n) is 3.09. The number of amides is 1. The van der Waals surface area contributed by atoms with E-state index in [9.17, 15) is 9.59 Å². The van der Waals surface area contributed by atoms with E-state index in [1.165, 1.54) is 16.7 Å². The minimum absolute atomic E-state index is 0.00181. The summed E-state index contributed by atoms with van der Waals surface area (Å²) in [6.07, 6.45) is 1.97. The maximum absolute atomic E-state index is 11.9. The van der Waals surface area contributed by atoms with Gasteiger partial charge in [-0.15, -0.1) is 11.3 Å². The van der Waals surface area contributed by atoms with Crippen molar-refractivity contribution in [3.8, 4) is 0 Å². The Morgan fingerprint density at radius 2 is 2.33 bits per heavy atom. The molecule has 1 atom stereocenters. The maximum Gasteiger partial charge on any atom is 0.355 e. The van der Waals surface area contributed by atoms with Crippen LogP contribution in [0.4, 0.5) is 0 Å². The van der Waals surface area contributed by atoms with Crippen LogP contribution in [0.2, 0.25) is 0 Å². The highest BCUT2D eigenvalue weighted by Gasteiger charge is 2.43. The fourth-order valence-corrected chi connectivity index (χ4v) is 2.41. The van der Waals surface area contributed by atoms with Gasteiger partial charge in [0.05, 0.1) is 12.1 Å². The lowest BCUT2D eigenvalue weighted by atomic mass is 9.96. The second-order valence-corrected chi connectivity index (χ2v) is 5.61. The van der Waals surface area contributed by atoms with Crippen LogP contribution in [-0.2, 0) is 11.3 Å². The van der Waals surface area contributed by atoms with Crippen molar-refractivity contribution >= 4 is 23.2 Å². The van der Waals surface area contributed by atoms with Crippen molar-refractivity contribution in [2.24, 2.45) is 11.7 Å². The van der Waals surface area contributed by atoms with Crippen molar-refractivity contribution in [2.45, 2.75) is 31.8 Å². The molecule has 1 unspecified atom stereocenters. The van der Waals surface area contributed by atoms with Crippen molar-refractivity contribution in [1.29, 1.82) is 0 Å². The van der Waals surface area contributed by atoms with Crippen molar-refractivity contribution < 1.29 is 14.7 Å². The van der Waals surface area contributed by atoms with Crippen molar-refractivity contribution in [1.82, 2.24) is 10.3 Å². The molecule has 1 fully saturated rings. The highest BCUT2D eigenvalue weighted by molar-refractivity contribution is 7.09. The summed E-state index contributed by atoms with van der Waals surface area (Å²) in [6.45, 7) is 1.95. The molecule has 1 aromatic rings. The molecule has 1 amide bonds. The van der Waals surface area contributed by atoms with Gasteiger partial charge in [0.1, 0.15) is 5.01 Å². The second kappa shape index (κ2) is 4.66. The van der Waals surface area contributed by atoms with E-state index in [1.54, 1.807) is 6.92 Å². The molecule has 0 bridgehead atoms. The topological polar surface area (TPSA) is 105 Å². The summed E-state index contributed by atoms with van der Waals surface area (Å²) in [6, 6.07) is 0. The fraction of sp³-hybridized carbons (Fsp3) is 0.545. The first-order valence-electron chi connectivity index (χ1n) is 5.66. The summed E-state index contributed by atoms with van der Waals surface area (Å²) in [5.41, 5.74) is 5.12. The van der Waals surface area contributed by atoms with Crippen LogP contribution in [0.15, 0.2) is 5.38 Å². The molecule has 6 nitrogen and oxygen atoms in total. The first kappa shape index (κ1) is 13.0. The number of aromatic nitrogens is 1. The van der Waals surface area contributed by atoms with E-state index in [2.05, 4.69) is 10.3 Å². The number of aromatic carboxylic acids is 1. The van der Waals surface area contributed by atoms with E-state index in [-0.39, 0.29) is 24.1 Å². The zero-order valence-corrected chi connectivity index (χ0v) is 10.8. The molecule has 18 heavy (non-hydrogen) atoms. The van der Waals surface area contributed by atoms with Crippen LogP contribution in [-0.4, -0.2) is 27.5 Å². The van der Waals surface area contributed by atoms with E-state index >= 15 is 0 Å². The Labute approximate surface area is 108 Å². The van der Waals surface area contributed by atoms with Gasteiger partial charge in [-0.05, 0) is 25.7 Å². The number of carbonyl (C=O) groups excluding carboxylic acids is 1. The Bertz CT molecular complexity index is 480. The number of hydrogen-bond acceptors (Lipinski definition) is 5. The Morgan fingerprint density at radius 1 is 1.67 bits per heavy atom. The van der Waals surface area contributed by atoms with Gasteiger partial charge in [0.25, 0.3) is 0 Å². The monoisotopic (exact) mass is 269 g/mol. The second-order valence-electron chi connectivity index (χ2n) is 4.67. The molecular weight excluding hydrogens is 254 g/mol. The van der Waals surface area contributed by atoms with Crippen LogP contribution in [0.25, 0.3) is 0 Å². The molecular formula is C11H15N3O3S. The molecule has 1 aromatic heterocycles. The van der Waals surface area contributed by atoms with Gasteiger partial charge in [-0.25, -0.2) is 9.78 Å². The largest absolute Gasteiger partial charge is 0.476 e. The highest BCUT2D eigenvalue weighted by Crippen LogP contribution is 2.38. The number of rotatable bonds is 5. The summed E-state index contributed by atoms with van der Waals surface area (Å²) in [5.74, 6) is -1.02. The fourth-order valence-electron chi connectivity index (χ4n) is 1.71. The smallest absolute Gasteiger partial charge is 0.355 e. The zero-order valence-electron chi connectivity index (χ0n) is 9.97. The molecule has 0 spiro atoms. The zero-order chi connectivity index (χ0) is 13.3. The predicted molar refractivity (Wildman–Crippen MR) is 66.2 cm³/mol. The minimum Gasteiger partial charge on any atom is -0.476 e. The Balaban J connectivity index is 1.90. The summed E-state index contributed by atoms with van der Waals surface area (Å²) >= 11 is 1.21. The molecule has 7 heteroatoms. The molecule has 0 saturated heterocycles. The van der Waals surface area contributed by atoms with Gasteiger partial charge >= 0.3 is 5.97 Å². The van der Waals surface area contributed by atoms with Crippen molar-refractivity contribution in [3.63, 3.8) is 0 Å². The van der Waals surface area contributed by atoms with Gasteiger partial charge in [0.2, 0.25) is 5.91 Å². The first-order valence-corrected chi connectivity index (χ1v) is 6.54. The standard InChI is InChI=1S/C11H15N3O3S/c1-11(12,6-2-3-6)10(17)13-4-8-14-7(5-18-8)9(15)16/h5-6H,2-4,12H2,1H3,(H,13,17)(H,15,16). The number of carbonyl (C=O) groups is 2. The highest BCUT2D eigenvalue weighted by atomic mass is 32.1. The van der Waals surface area contributed by atoms with E-state index in [1.807, 2.05) is 0 Å². The predicted octanol–water partition coefficient (Wildman–Crippen LogP) is 0.585. The summed E-state index contributed by atoms with van der Waals surface area (Å²) in [5, 5.41) is 13.4. The summed E-state index contributed by atoms with van der Waals surface area (Å²) in [7, 11) is 0. The van der Waals surface area contributed by atoms with Crippen LogP contribution in [0, 0.1) is 5.92 Å². The Morgan fingerprint density at radius 3 is 2.83 bits per heavy atom. The summed E-state index contributed by atoms with van der Waals surface area (Å²) in [4.78, 5) is 26.4. The molecule has 0 radical (unpaired) electrons. The number of hydrogen-bond donors (Lipinski definition) is 3. The summed E-state index contributed by atoms with van der Waals surface area (Å²) < 4.78 is 0. The van der Waals surface area contributed by atoms with Gasteiger partial charge in [0, 0.05) is 5.38 Å². The normalized spacial score (nSPS) is 18.1. The number of thiazole rings is 1. The number of carboxylic acid groups (broad SMARTS) is 1. The molecule has 1 saturated carbocycles. The van der Waals surface area contributed by atoms with E-state index < -0.39 is 11.5 Å². The first-order chi connectivity index (χ1) is 8.41. The Kier molecular flexibility index (Phi) is 3.36. The Hall–Kier alpha value is -1.47.